The number of benzene rings is 1. The Morgan fingerprint density at radius 2 is 1.71 bits per heavy atom. The van der Waals surface area contributed by atoms with Gasteiger partial charge in [0.05, 0.1) is 6.54 Å². The number of amides is 3. The van der Waals surface area contributed by atoms with Crippen LogP contribution in [-0.2, 0) is 14.3 Å². The molecule has 1 aliphatic heterocycles. The minimum Gasteiger partial charge on any atom is -0.385 e. The van der Waals surface area contributed by atoms with E-state index in [0.29, 0.717) is 58.0 Å². The fourth-order valence-corrected chi connectivity index (χ4v) is 2.99. The number of nitrogens with one attached hydrogen (secondary N) is 2. The van der Waals surface area contributed by atoms with Gasteiger partial charge >= 0.3 is 0 Å². The van der Waals surface area contributed by atoms with Gasteiger partial charge in [-0.15, -0.1) is 0 Å². The van der Waals surface area contributed by atoms with Crippen molar-refractivity contribution in [2.45, 2.75) is 12.8 Å². The van der Waals surface area contributed by atoms with Gasteiger partial charge in [-0.2, -0.15) is 0 Å². The molecule has 0 bridgehead atoms. The number of piperazine rings is 1. The molecule has 3 amide bonds. The van der Waals surface area contributed by atoms with Gasteiger partial charge in [-0.05, 0) is 18.6 Å². The normalized spacial score (nSPS) is 14.5. The lowest BCUT2D eigenvalue weighted by Gasteiger charge is -2.34. The molecular formula is C20H30N4O4. The Morgan fingerprint density at radius 3 is 2.39 bits per heavy atom. The van der Waals surface area contributed by atoms with Crippen LogP contribution in [0.2, 0.25) is 0 Å². The van der Waals surface area contributed by atoms with E-state index in [9.17, 15) is 14.4 Å². The van der Waals surface area contributed by atoms with E-state index in [1.807, 2.05) is 11.0 Å². The summed E-state index contributed by atoms with van der Waals surface area (Å²) in [5.74, 6) is -0.147. The summed E-state index contributed by atoms with van der Waals surface area (Å²) >= 11 is 0. The summed E-state index contributed by atoms with van der Waals surface area (Å²) in [6.07, 6.45) is 1.07. The third kappa shape index (κ3) is 7.66. The van der Waals surface area contributed by atoms with E-state index in [0.717, 1.165) is 6.42 Å². The summed E-state index contributed by atoms with van der Waals surface area (Å²) in [6.45, 7) is 4.46. The molecule has 0 radical (unpaired) electrons. The van der Waals surface area contributed by atoms with Crippen LogP contribution in [-0.4, -0.2) is 87.1 Å². The molecule has 0 aromatic heterocycles. The molecule has 1 aliphatic rings. The zero-order chi connectivity index (χ0) is 20.2. The van der Waals surface area contributed by atoms with Crippen molar-refractivity contribution in [1.82, 2.24) is 20.4 Å². The van der Waals surface area contributed by atoms with Crippen molar-refractivity contribution in [3.8, 4) is 0 Å². The zero-order valence-corrected chi connectivity index (χ0v) is 16.5. The molecule has 2 rings (SSSR count). The minimum absolute atomic E-state index is 0.000459. The van der Waals surface area contributed by atoms with Crippen molar-refractivity contribution in [2.24, 2.45) is 0 Å². The number of hydrogen-bond donors (Lipinski definition) is 2. The van der Waals surface area contributed by atoms with E-state index in [2.05, 4.69) is 10.6 Å². The molecule has 8 nitrogen and oxygen atoms in total. The Balaban J connectivity index is 1.60. The second kappa shape index (κ2) is 12.1. The Hall–Kier alpha value is -2.45. The summed E-state index contributed by atoms with van der Waals surface area (Å²) in [5, 5.41) is 5.64. The monoisotopic (exact) mass is 390 g/mol. The van der Waals surface area contributed by atoms with Crippen LogP contribution in [0, 0.1) is 0 Å². The average Bonchev–Trinajstić information content (AvgIpc) is 2.72. The van der Waals surface area contributed by atoms with Gasteiger partial charge in [0.25, 0.3) is 5.91 Å². The fourth-order valence-electron chi connectivity index (χ4n) is 2.99. The molecule has 0 spiro atoms. The van der Waals surface area contributed by atoms with Gasteiger partial charge in [-0.1, -0.05) is 18.2 Å². The molecule has 28 heavy (non-hydrogen) atoms. The van der Waals surface area contributed by atoms with Gasteiger partial charge in [0.2, 0.25) is 11.8 Å². The predicted octanol–water partition coefficient (Wildman–Crippen LogP) is 0.103. The molecule has 2 N–H and O–H groups in total. The molecule has 154 valence electrons. The SMILES string of the molecule is COCCCNC(=O)CN1CCN(C(=O)CCNC(=O)c2ccccc2)CC1. The zero-order valence-electron chi connectivity index (χ0n) is 16.5. The van der Waals surface area contributed by atoms with Crippen LogP contribution >= 0.6 is 0 Å². The molecule has 8 heteroatoms. The number of rotatable bonds is 10. The summed E-state index contributed by atoms with van der Waals surface area (Å²) in [5.41, 5.74) is 0.587. The third-order valence-electron chi connectivity index (χ3n) is 4.60. The van der Waals surface area contributed by atoms with Crippen LogP contribution in [0.15, 0.2) is 30.3 Å². The van der Waals surface area contributed by atoms with E-state index in [-0.39, 0.29) is 24.1 Å². The van der Waals surface area contributed by atoms with Crippen LogP contribution in [0.5, 0.6) is 0 Å². The second-order valence-electron chi connectivity index (χ2n) is 6.73. The van der Waals surface area contributed by atoms with Gasteiger partial charge in [0, 0.05) is 65.0 Å². The highest BCUT2D eigenvalue weighted by Gasteiger charge is 2.22. The van der Waals surface area contributed by atoms with Crippen LogP contribution in [0.3, 0.4) is 0 Å². The number of ether oxygens (including phenoxy) is 1. The van der Waals surface area contributed by atoms with Crippen molar-refractivity contribution >= 4 is 17.7 Å². The fraction of sp³-hybridized carbons (Fsp3) is 0.550. The quantitative estimate of drug-likeness (QED) is 0.553. The highest BCUT2D eigenvalue weighted by atomic mass is 16.5. The van der Waals surface area contributed by atoms with E-state index in [1.54, 1.807) is 36.3 Å². The summed E-state index contributed by atoms with van der Waals surface area (Å²) in [6, 6.07) is 8.94. The lowest BCUT2D eigenvalue weighted by atomic mass is 10.2. The minimum atomic E-state index is -0.172. The first-order chi connectivity index (χ1) is 13.6. The number of hydrogen-bond acceptors (Lipinski definition) is 5. The first kappa shape index (κ1) is 21.8. The third-order valence-corrected chi connectivity index (χ3v) is 4.60. The Morgan fingerprint density at radius 1 is 1.00 bits per heavy atom. The number of carbonyl (C=O) groups is 3. The van der Waals surface area contributed by atoms with E-state index in [4.69, 9.17) is 4.74 Å². The molecular weight excluding hydrogens is 360 g/mol. The van der Waals surface area contributed by atoms with E-state index >= 15 is 0 Å². The maximum Gasteiger partial charge on any atom is 0.251 e. The van der Waals surface area contributed by atoms with Gasteiger partial charge in [0.15, 0.2) is 0 Å². The standard InChI is InChI=1S/C20H30N4O4/c1-28-15-5-9-21-18(25)16-23-11-13-24(14-12-23)19(26)8-10-22-20(27)17-6-3-2-4-7-17/h2-4,6-7H,5,8-16H2,1H3,(H,21,25)(H,22,27). The van der Waals surface area contributed by atoms with Gasteiger partial charge in [-0.25, -0.2) is 0 Å². The summed E-state index contributed by atoms with van der Waals surface area (Å²) < 4.78 is 4.95. The number of nitrogens with zero attached hydrogens (tertiary/aromatic N) is 2. The van der Waals surface area contributed by atoms with Crippen LogP contribution in [0.1, 0.15) is 23.2 Å². The molecule has 0 aliphatic carbocycles. The van der Waals surface area contributed by atoms with E-state index < -0.39 is 0 Å². The Kier molecular flexibility index (Phi) is 9.44. The van der Waals surface area contributed by atoms with Crippen molar-refractivity contribution in [3.63, 3.8) is 0 Å². The summed E-state index contributed by atoms with van der Waals surface area (Å²) in [7, 11) is 1.64. The van der Waals surface area contributed by atoms with Crippen molar-refractivity contribution < 1.29 is 19.1 Å². The molecule has 0 unspecified atom stereocenters. The highest BCUT2D eigenvalue weighted by Crippen LogP contribution is 2.04. The molecule has 1 aromatic carbocycles. The molecule has 1 saturated heterocycles. The molecule has 0 saturated carbocycles. The van der Waals surface area contributed by atoms with Crippen LogP contribution in [0.25, 0.3) is 0 Å². The predicted molar refractivity (Wildman–Crippen MR) is 106 cm³/mol. The Labute approximate surface area is 166 Å². The highest BCUT2D eigenvalue weighted by molar-refractivity contribution is 5.94. The molecule has 1 aromatic rings. The van der Waals surface area contributed by atoms with Gasteiger partial charge < -0.3 is 20.3 Å². The van der Waals surface area contributed by atoms with Crippen molar-refractivity contribution in [1.29, 1.82) is 0 Å². The number of methoxy groups -OCH3 is 1. The molecule has 1 fully saturated rings. The summed E-state index contributed by atoms with van der Waals surface area (Å²) in [4.78, 5) is 40.0. The van der Waals surface area contributed by atoms with Gasteiger partial charge in [-0.3, -0.25) is 19.3 Å². The van der Waals surface area contributed by atoms with Gasteiger partial charge in [0.1, 0.15) is 0 Å². The second-order valence-corrected chi connectivity index (χ2v) is 6.73. The maximum atomic E-state index is 12.3. The first-order valence-electron chi connectivity index (χ1n) is 9.69. The van der Waals surface area contributed by atoms with Crippen molar-refractivity contribution in [3.05, 3.63) is 35.9 Å². The van der Waals surface area contributed by atoms with Crippen LogP contribution in [0.4, 0.5) is 0 Å². The Bertz CT molecular complexity index is 630. The van der Waals surface area contributed by atoms with Crippen LogP contribution < -0.4 is 10.6 Å². The van der Waals surface area contributed by atoms with Crippen molar-refractivity contribution in [2.75, 3.05) is 59.5 Å². The average molecular weight is 390 g/mol. The molecule has 1 heterocycles. The maximum absolute atomic E-state index is 12.3. The lowest BCUT2D eigenvalue weighted by Crippen LogP contribution is -2.51. The van der Waals surface area contributed by atoms with E-state index in [1.165, 1.54) is 0 Å². The largest absolute Gasteiger partial charge is 0.385 e. The first-order valence-corrected chi connectivity index (χ1v) is 9.69. The number of carbonyl (C=O) groups excluding carboxylic acids is 3. The molecule has 0 atom stereocenters. The smallest absolute Gasteiger partial charge is 0.251 e. The topological polar surface area (TPSA) is 91.0 Å². The lowest BCUT2D eigenvalue weighted by molar-refractivity contribution is -0.133.